The molecule has 0 saturated carbocycles. The zero-order valence-corrected chi connectivity index (χ0v) is 15.2. The Morgan fingerprint density at radius 3 is 2.59 bits per heavy atom. The van der Waals surface area contributed by atoms with Crippen molar-refractivity contribution in [2.24, 2.45) is 0 Å². The minimum atomic E-state index is -0.268. The van der Waals surface area contributed by atoms with Crippen molar-refractivity contribution in [1.82, 2.24) is 29.8 Å². The zero-order valence-electron chi connectivity index (χ0n) is 15.2. The van der Waals surface area contributed by atoms with E-state index in [2.05, 4.69) is 20.4 Å². The molecule has 2 aromatic carbocycles. The minimum Gasteiger partial charge on any atom is -0.240 e. The third-order valence-corrected chi connectivity index (χ3v) is 4.36. The van der Waals surface area contributed by atoms with Gasteiger partial charge < -0.3 is 0 Å². The Balaban J connectivity index is 1.76. The summed E-state index contributed by atoms with van der Waals surface area (Å²) in [5.41, 5.74) is 3.29. The van der Waals surface area contributed by atoms with Gasteiger partial charge in [0.1, 0.15) is 5.82 Å². The lowest BCUT2D eigenvalue weighted by Crippen LogP contribution is -2.06. The van der Waals surface area contributed by atoms with Crippen molar-refractivity contribution in [3.05, 3.63) is 77.5 Å². The molecule has 0 radical (unpaired) electrons. The van der Waals surface area contributed by atoms with E-state index in [4.69, 9.17) is 0 Å². The van der Waals surface area contributed by atoms with Crippen LogP contribution in [0.5, 0.6) is 0 Å². The molecule has 4 rings (SSSR count). The Hall–Kier alpha value is -3.35. The first-order chi connectivity index (χ1) is 13.2. The van der Waals surface area contributed by atoms with Crippen LogP contribution in [0, 0.1) is 12.7 Å². The van der Waals surface area contributed by atoms with Gasteiger partial charge in [-0.15, -0.1) is 5.10 Å². The number of hydrogen-bond donors (Lipinski definition) is 0. The highest BCUT2D eigenvalue weighted by atomic mass is 19.1. The molecule has 4 aromatic rings. The van der Waals surface area contributed by atoms with Crippen molar-refractivity contribution < 1.29 is 4.39 Å². The van der Waals surface area contributed by atoms with Gasteiger partial charge in [0, 0.05) is 6.42 Å². The third kappa shape index (κ3) is 3.36. The molecule has 0 spiro atoms. The molecule has 2 heterocycles. The van der Waals surface area contributed by atoms with Crippen LogP contribution in [0.4, 0.5) is 4.39 Å². The van der Waals surface area contributed by atoms with Crippen molar-refractivity contribution in [2.45, 2.75) is 26.8 Å². The number of para-hydroxylation sites is 1. The summed E-state index contributed by atoms with van der Waals surface area (Å²) in [6.07, 6.45) is 0.703. The van der Waals surface area contributed by atoms with Gasteiger partial charge in [0.05, 0.1) is 17.9 Å². The van der Waals surface area contributed by atoms with Crippen LogP contribution in [0.25, 0.3) is 17.2 Å². The van der Waals surface area contributed by atoms with E-state index in [-0.39, 0.29) is 5.82 Å². The number of benzene rings is 2. The second kappa shape index (κ2) is 7.11. The van der Waals surface area contributed by atoms with Crippen molar-refractivity contribution in [1.29, 1.82) is 0 Å². The first-order valence-corrected chi connectivity index (χ1v) is 8.82. The van der Waals surface area contributed by atoms with Gasteiger partial charge >= 0.3 is 0 Å². The summed E-state index contributed by atoms with van der Waals surface area (Å²) in [4.78, 5) is 4.63. The molecular formula is C20H19FN6. The van der Waals surface area contributed by atoms with Gasteiger partial charge in [0.25, 0.3) is 0 Å². The van der Waals surface area contributed by atoms with E-state index >= 15 is 0 Å². The number of rotatable bonds is 5. The molecule has 136 valence electrons. The van der Waals surface area contributed by atoms with E-state index < -0.39 is 0 Å². The Kier molecular flexibility index (Phi) is 4.50. The second-order valence-corrected chi connectivity index (χ2v) is 6.26. The average Bonchev–Trinajstić information content (AvgIpc) is 3.25. The molecule has 0 aliphatic rings. The molecule has 0 aliphatic heterocycles. The number of nitrogens with zero attached hydrogens (tertiary/aromatic N) is 6. The lowest BCUT2D eigenvalue weighted by molar-refractivity contribution is 0.619. The first-order valence-electron chi connectivity index (χ1n) is 8.82. The van der Waals surface area contributed by atoms with Gasteiger partial charge in [-0.05, 0) is 36.8 Å². The molecule has 0 fully saturated rings. The highest BCUT2D eigenvalue weighted by molar-refractivity contribution is 5.54. The van der Waals surface area contributed by atoms with Crippen LogP contribution in [0.1, 0.15) is 24.0 Å². The SMILES string of the molecule is CCc1nc(-c2nnn(-c3ccccc3)c2C)n(Cc2cccc(F)c2)n1. The summed E-state index contributed by atoms with van der Waals surface area (Å²) in [5.74, 6) is 1.09. The summed E-state index contributed by atoms with van der Waals surface area (Å²) >= 11 is 0. The standard InChI is InChI=1S/C20H19FN6/c1-3-18-22-20(26(24-18)13-15-8-7-9-16(21)12-15)19-14(2)27(25-23-19)17-10-5-4-6-11-17/h4-12H,3,13H2,1-2H3. The Morgan fingerprint density at radius 2 is 1.85 bits per heavy atom. The van der Waals surface area contributed by atoms with E-state index in [9.17, 15) is 4.39 Å². The van der Waals surface area contributed by atoms with Crippen molar-refractivity contribution in [2.75, 3.05) is 0 Å². The molecule has 0 N–H and O–H groups in total. The number of aromatic nitrogens is 6. The maximum Gasteiger partial charge on any atom is 0.181 e. The summed E-state index contributed by atoms with van der Waals surface area (Å²) in [6.45, 7) is 4.37. The molecule has 0 bridgehead atoms. The lowest BCUT2D eigenvalue weighted by atomic mass is 10.2. The Labute approximate surface area is 156 Å². The molecule has 7 heteroatoms. The zero-order chi connectivity index (χ0) is 18.8. The fourth-order valence-electron chi connectivity index (χ4n) is 2.98. The first kappa shape index (κ1) is 17.1. The topological polar surface area (TPSA) is 61.4 Å². The normalized spacial score (nSPS) is 11.1. The van der Waals surface area contributed by atoms with Crippen LogP contribution in [-0.2, 0) is 13.0 Å². The van der Waals surface area contributed by atoms with Crippen molar-refractivity contribution >= 4 is 0 Å². The lowest BCUT2D eigenvalue weighted by Gasteiger charge is -2.06. The molecule has 0 aliphatic carbocycles. The van der Waals surface area contributed by atoms with Gasteiger partial charge in [-0.25, -0.2) is 18.7 Å². The predicted octanol–water partition coefficient (Wildman–Crippen LogP) is 3.58. The van der Waals surface area contributed by atoms with Gasteiger partial charge in [-0.1, -0.05) is 42.5 Å². The van der Waals surface area contributed by atoms with Gasteiger partial charge in [-0.2, -0.15) is 5.10 Å². The molecule has 0 saturated heterocycles. The van der Waals surface area contributed by atoms with Gasteiger partial charge in [-0.3, -0.25) is 0 Å². The second-order valence-electron chi connectivity index (χ2n) is 6.26. The smallest absolute Gasteiger partial charge is 0.181 e. The van der Waals surface area contributed by atoms with E-state index in [1.807, 2.05) is 50.2 Å². The number of aryl methyl sites for hydroxylation is 1. The quantitative estimate of drug-likeness (QED) is 0.544. The van der Waals surface area contributed by atoms with Crippen molar-refractivity contribution in [3.63, 3.8) is 0 Å². The third-order valence-electron chi connectivity index (χ3n) is 4.36. The van der Waals surface area contributed by atoms with E-state index in [0.717, 1.165) is 22.8 Å². The van der Waals surface area contributed by atoms with E-state index in [0.29, 0.717) is 24.5 Å². The summed E-state index contributed by atoms with van der Waals surface area (Å²) in [5, 5.41) is 13.2. The van der Waals surface area contributed by atoms with Crippen LogP contribution in [0.2, 0.25) is 0 Å². The monoisotopic (exact) mass is 362 g/mol. The van der Waals surface area contributed by atoms with Gasteiger partial charge in [0.2, 0.25) is 0 Å². The Bertz CT molecular complexity index is 1070. The van der Waals surface area contributed by atoms with Gasteiger partial charge in [0.15, 0.2) is 17.3 Å². The highest BCUT2D eigenvalue weighted by Gasteiger charge is 2.19. The van der Waals surface area contributed by atoms with Crippen LogP contribution in [0.3, 0.4) is 0 Å². The number of halogens is 1. The summed E-state index contributed by atoms with van der Waals surface area (Å²) in [7, 11) is 0. The molecule has 27 heavy (non-hydrogen) atoms. The van der Waals surface area contributed by atoms with Crippen LogP contribution < -0.4 is 0 Å². The van der Waals surface area contributed by atoms with Crippen LogP contribution >= 0.6 is 0 Å². The fourth-order valence-corrected chi connectivity index (χ4v) is 2.98. The predicted molar refractivity (Wildman–Crippen MR) is 100.0 cm³/mol. The summed E-state index contributed by atoms with van der Waals surface area (Å²) in [6, 6.07) is 16.3. The molecule has 0 unspecified atom stereocenters. The fraction of sp³-hybridized carbons (Fsp3) is 0.200. The summed E-state index contributed by atoms with van der Waals surface area (Å²) < 4.78 is 17.1. The molecular weight excluding hydrogens is 343 g/mol. The van der Waals surface area contributed by atoms with E-state index in [1.54, 1.807) is 15.4 Å². The largest absolute Gasteiger partial charge is 0.240 e. The number of hydrogen-bond acceptors (Lipinski definition) is 4. The molecule has 0 amide bonds. The van der Waals surface area contributed by atoms with Crippen LogP contribution in [0.15, 0.2) is 54.6 Å². The average molecular weight is 362 g/mol. The maximum atomic E-state index is 13.5. The Morgan fingerprint density at radius 1 is 1.04 bits per heavy atom. The minimum absolute atomic E-state index is 0.268. The van der Waals surface area contributed by atoms with Crippen molar-refractivity contribution in [3.8, 4) is 17.2 Å². The highest BCUT2D eigenvalue weighted by Crippen LogP contribution is 2.22. The maximum absolute atomic E-state index is 13.5. The van der Waals surface area contributed by atoms with E-state index in [1.165, 1.54) is 12.1 Å². The molecule has 2 aromatic heterocycles. The van der Waals surface area contributed by atoms with Crippen LogP contribution in [-0.4, -0.2) is 29.8 Å². The molecule has 0 atom stereocenters. The molecule has 6 nitrogen and oxygen atoms in total.